The molecule has 1 N–H and O–H groups in total. The zero-order chi connectivity index (χ0) is 6.69. The summed E-state index contributed by atoms with van der Waals surface area (Å²) in [5, 5.41) is 5.88. The molecule has 0 radical (unpaired) electrons. The van der Waals surface area contributed by atoms with Gasteiger partial charge in [-0.15, -0.1) is 0 Å². The largest absolute Gasteiger partial charge is 0.339 e. The van der Waals surface area contributed by atoms with Crippen LogP contribution in [0.15, 0.2) is 11.4 Å². The average Bonchev–Trinajstić information content (AvgIpc) is 2.17. The first-order valence-corrected chi connectivity index (χ1v) is 2.28. The summed E-state index contributed by atoms with van der Waals surface area (Å²) in [7, 11) is 1.75. The first-order chi connectivity index (χ1) is 4.33. The normalized spacial score (nSPS) is 8.56. The number of aryl methyl sites for hydroxylation is 1. The van der Waals surface area contributed by atoms with Crippen molar-refractivity contribution in [3.8, 4) is 0 Å². The summed E-state index contributed by atoms with van der Waals surface area (Å²) in [6.07, 6.45) is 1.52. The molecule has 0 saturated heterocycles. The monoisotopic (exact) mass is 125 g/mol. The highest BCUT2D eigenvalue weighted by molar-refractivity contribution is 5.05. The quantitative estimate of drug-likeness (QED) is 0.247. The summed E-state index contributed by atoms with van der Waals surface area (Å²) in [5.74, 6) is 0.278. The molecule has 6 nitrogen and oxygen atoms in total. The van der Waals surface area contributed by atoms with E-state index in [0.717, 1.165) is 0 Å². The van der Waals surface area contributed by atoms with Crippen molar-refractivity contribution in [2.75, 3.05) is 0 Å². The zero-order valence-corrected chi connectivity index (χ0v) is 4.81. The van der Waals surface area contributed by atoms with Crippen LogP contribution in [0.25, 0.3) is 10.4 Å². The lowest BCUT2D eigenvalue weighted by Crippen LogP contribution is -2.28. The van der Waals surface area contributed by atoms with Gasteiger partial charge in [-0.2, -0.15) is 9.78 Å². The van der Waals surface area contributed by atoms with E-state index in [-0.39, 0.29) is 5.95 Å². The predicted octanol–water partition coefficient (Wildman–Crippen LogP) is 0.176. The van der Waals surface area contributed by atoms with Crippen LogP contribution in [0.1, 0.15) is 0 Å². The summed E-state index contributed by atoms with van der Waals surface area (Å²) >= 11 is 0. The molecule has 0 fully saturated rings. The van der Waals surface area contributed by atoms with E-state index in [9.17, 15) is 0 Å². The Balaban J connectivity index is 2.97. The Hall–Kier alpha value is -1.55. The lowest BCUT2D eigenvalue weighted by atomic mass is 11.1. The second kappa shape index (κ2) is 2.15. The van der Waals surface area contributed by atoms with Crippen molar-refractivity contribution in [3.05, 3.63) is 16.8 Å². The molecule has 0 aliphatic rings. The van der Waals surface area contributed by atoms with E-state index < -0.39 is 0 Å². The minimum Gasteiger partial charge on any atom is -0.186 e. The number of nitrogens with zero attached hydrogens (tertiary/aromatic N) is 5. The highest BCUT2D eigenvalue weighted by Crippen LogP contribution is 1.95. The Labute approximate surface area is 50.8 Å². The maximum absolute atomic E-state index is 7.92. The van der Waals surface area contributed by atoms with E-state index in [1.807, 2.05) is 0 Å². The number of hydrogen-bond donors (Lipinski definition) is 1. The molecule has 0 aromatic carbocycles. The Bertz CT molecular complexity index is 243. The fourth-order valence-corrected chi connectivity index (χ4v) is 0.447. The van der Waals surface area contributed by atoms with Gasteiger partial charge >= 0.3 is 12.3 Å². The van der Waals surface area contributed by atoms with Gasteiger partial charge in [-0.05, 0) is 10.5 Å². The summed E-state index contributed by atoms with van der Waals surface area (Å²) in [5.41, 5.74) is 7.92. The Morgan fingerprint density at radius 3 is 3.22 bits per heavy atom. The first kappa shape index (κ1) is 5.58. The van der Waals surface area contributed by atoms with Crippen molar-refractivity contribution in [2.24, 2.45) is 12.2 Å². The van der Waals surface area contributed by atoms with Gasteiger partial charge in [0.2, 0.25) is 0 Å². The van der Waals surface area contributed by atoms with E-state index in [2.05, 4.69) is 20.1 Å². The minimum atomic E-state index is 0.278. The second-order valence-electron chi connectivity index (χ2n) is 1.48. The van der Waals surface area contributed by atoms with Gasteiger partial charge in [0.1, 0.15) is 7.05 Å². The average molecular weight is 125 g/mol. The standard InChI is InChI=1S/C3H4N6/c1-9-2-5-3(7-9)6-8-4/h2H,1H3/p+1. The molecule has 0 amide bonds. The van der Waals surface area contributed by atoms with E-state index in [4.69, 9.17) is 5.53 Å². The Morgan fingerprint density at radius 2 is 2.78 bits per heavy atom. The molecule has 1 rings (SSSR count). The fourth-order valence-electron chi connectivity index (χ4n) is 0.447. The van der Waals surface area contributed by atoms with Crippen molar-refractivity contribution in [3.63, 3.8) is 0 Å². The third-order valence-electron chi connectivity index (χ3n) is 0.769. The van der Waals surface area contributed by atoms with E-state index in [1.165, 1.54) is 6.33 Å². The van der Waals surface area contributed by atoms with Crippen LogP contribution in [0.5, 0.6) is 0 Å². The number of nitrogens with one attached hydrogen (secondary N) is 1. The molecule has 1 aromatic rings. The van der Waals surface area contributed by atoms with E-state index in [1.54, 1.807) is 11.7 Å². The van der Waals surface area contributed by atoms with Crippen molar-refractivity contribution >= 4 is 5.95 Å². The van der Waals surface area contributed by atoms with Crippen LogP contribution in [0.2, 0.25) is 0 Å². The van der Waals surface area contributed by atoms with Crippen LogP contribution in [0.4, 0.5) is 5.95 Å². The highest BCUT2D eigenvalue weighted by Gasteiger charge is 1.98. The fraction of sp³-hybridized carbons (Fsp3) is 0.333. The van der Waals surface area contributed by atoms with Gasteiger partial charge in [-0.1, -0.05) is 0 Å². The SMILES string of the molecule is C[n+]1cnc(N=[N+]=[N-])[nH]1. The number of rotatable bonds is 1. The molecule has 0 atom stereocenters. The van der Waals surface area contributed by atoms with Gasteiger partial charge in [0.05, 0.1) is 0 Å². The predicted molar refractivity (Wildman–Crippen MR) is 28.6 cm³/mol. The van der Waals surface area contributed by atoms with Crippen LogP contribution in [-0.2, 0) is 7.05 Å². The van der Waals surface area contributed by atoms with Gasteiger partial charge in [0.15, 0.2) is 0 Å². The molecule has 0 spiro atoms. The number of aromatic amines is 1. The summed E-state index contributed by atoms with van der Waals surface area (Å²) < 4.78 is 1.59. The summed E-state index contributed by atoms with van der Waals surface area (Å²) in [6.45, 7) is 0. The molecule has 1 aromatic heterocycles. The zero-order valence-electron chi connectivity index (χ0n) is 4.81. The third kappa shape index (κ3) is 1.17. The lowest BCUT2D eigenvalue weighted by Gasteiger charge is -1.71. The molecule has 6 heteroatoms. The molecular formula is C3H5N6+. The molecule has 46 valence electrons. The molecule has 0 bridgehead atoms. The van der Waals surface area contributed by atoms with Crippen molar-refractivity contribution in [1.82, 2.24) is 10.1 Å². The highest BCUT2D eigenvalue weighted by atomic mass is 15.4. The number of azide groups is 1. The number of H-pyrrole nitrogens is 1. The van der Waals surface area contributed by atoms with Gasteiger partial charge in [-0.3, -0.25) is 0 Å². The number of aromatic nitrogens is 3. The molecule has 0 saturated carbocycles. The maximum Gasteiger partial charge on any atom is 0.339 e. The Kier molecular flexibility index (Phi) is 1.33. The Morgan fingerprint density at radius 1 is 2.00 bits per heavy atom. The maximum atomic E-state index is 7.92. The van der Waals surface area contributed by atoms with Crippen molar-refractivity contribution < 1.29 is 4.68 Å². The van der Waals surface area contributed by atoms with Gasteiger partial charge in [0, 0.05) is 10.0 Å². The van der Waals surface area contributed by atoms with Crippen LogP contribution >= 0.6 is 0 Å². The van der Waals surface area contributed by atoms with Crippen LogP contribution in [-0.4, -0.2) is 10.1 Å². The molecular weight excluding hydrogens is 120 g/mol. The topological polar surface area (TPSA) is 81.3 Å². The van der Waals surface area contributed by atoms with E-state index >= 15 is 0 Å². The minimum absolute atomic E-state index is 0.278. The molecule has 0 unspecified atom stereocenters. The third-order valence-corrected chi connectivity index (χ3v) is 0.769. The van der Waals surface area contributed by atoms with Crippen LogP contribution < -0.4 is 4.68 Å². The van der Waals surface area contributed by atoms with Gasteiger partial charge in [-0.25, -0.2) is 0 Å². The molecule has 0 aliphatic heterocycles. The first-order valence-electron chi connectivity index (χ1n) is 2.28. The van der Waals surface area contributed by atoms with Crippen LogP contribution in [0.3, 0.4) is 0 Å². The van der Waals surface area contributed by atoms with Crippen molar-refractivity contribution in [1.29, 1.82) is 0 Å². The lowest BCUT2D eigenvalue weighted by molar-refractivity contribution is -0.727. The smallest absolute Gasteiger partial charge is 0.186 e. The van der Waals surface area contributed by atoms with E-state index in [0.29, 0.717) is 0 Å². The molecule has 9 heavy (non-hydrogen) atoms. The van der Waals surface area contributed by atoms with Gasteiger partial charge < -0.3 is 0 Å². The van der Waals surface area contributed by atoms with Crippen molar-refractivity contribution in [2.45, 2.75) is 0 Å². The second-order valence-corrected chi connectivity index (χ2v) is 1.48. The summed E-state index contributed by atoms with van der Waals surface area (Å²) in [4.78, 5) is 6.23. The molecule has 0 aliphatic carbocycles. The van der Waals surface area contributed by atoms with Gasteiger partial charge in [0.25, 0.3) is 0 Å². The number of hydrogen-bond acceptors (Lipinski definition) is 2. The van der Waals surface area contributed by atoms with Crippen LogP contribution in [0, 0.1) is 0 Å². The molecule has 1 heterocycles. The summed E-state index contributed by atoms with van der Waals surface area (Å²) in [6, 6.07) is 0.